The molecule has 0 atom stereocenters. The molecule has 0 aromatic carbocycles. The van der Waals surface area contributed by atoms with Gasteiger partial charge in [-0.1, -0.05) is 26.0 Å². The first kappa shape index (κ1) is 11.7. The minimum Gasteiger partial charge on any atom is -0.378 e. The summed E-state index contributed by atoms with van der Waals surface area (Å²) in [6, 6.07) is 0. The molecule has 0 saturated carbocycles. The van der Waals surface area contributed by atoms with E-state index in [0.29, 0.717) is 6.10 Å². The van der Waals surface area contributed by atoms with Crippen molar-refractivity contribution in [3.8, 4) is 0 Å². The van der Waals surface area contributed by atoms with Gasteiger partial charge in [0.05, 0.1) is 12.7 Å². The van der Waals surface area contributed by atoms with E-state index in [1.807, 2.05) is 0 Å². The molecule has 0 bridgehead atoms. The minimum absolute atomic E-state index is 0.364. The highest BCUT2D eigenvalue weighted by Crippen LogP contribution is 2.00. The van der Waals surface area contributed by atoms with Crippen LogP contribution in [0.4, 0.5) is 0 Å². The van der Waals surface area contributed by atoms with Crippen LogP contribution in [0.3, 0.4) is 0 Å². The SMILES string of the molecule is CC(C)C/C=C\CCOC(C)C. The first-order valence-electron chi connectivity index (χ1n) is 4.89. The van der Waals surface area contributed by atoms with E-state index in [1.165, 1.54) is 6.42 Å². The molecule has 0 fully saturated rings. The zero-order chi connectivity index (χ0) is 9.40. The van der Waals surface area contributed by atoms with Gasteiger partial charge < -0.3 is 4.74 Å². The van der Waals surface area contributed by atoms with Crippen LogP contribution in [-0.4, -0.2) is 12.7 Å². The molecule has 0 unspecified atom stereocenters. The van der Waals surface area contributed by atoms with E-state index in [1.54, 1.807) is 0 Å². The normalized spacial score (nSPS) is 12.2. The lowest BCUT2D eigenvalue weighted by atomic mass is 10.1. The summed E-state index contributed by atoms with van der Waals surface area (Å²) in [6.07, 6.45) is 7.05. The van der Waals surface area contributed by atoms with E-state index in [4.69, 9.17) is 4.74 Å². The summed E-state index contributed by atoms with van der Waals surface area (Å²) in [5, 5.41) is 0. The summed E-state index contributed by atoms with van der Waals surface area (Å²) in [7, 11) is 0. The van der Waals surface area contributed by atoms with Crippen LogP contribution in [0.5, 0.6) is 0 Å². The summed E-state index contributed by atoms with van der Waals surface area (Å²) in [5.74, 6) is 0.771. The van der Waals surface area contributed by atoms with Crippen molar-refractivity contribution in [2.75, 3.05) is 6.61 Å². The number of allylic oxidation sites excluding steroid dienone is 1. The van der Waals surface area contributed by atoms with Crippen LogP contribution >= 0.6 is 0 Å². The van der Waals surface area contributed by atoms with Crippen molar-refractivity contribution >= 4 is 0 Å². The molecule has 0 heterocycles. The molecular weight excluding hydrogens is 148 g/mol. The Bertz CT molecular complexity index is 114. The molecule has 0 aliphatic heterocycles. The highest BCUT2D eigenvalue weighted by atomic mass is 16.5. The summed E-state index contributed by atoms with van der Waals surface area (Å²) in [4.78, 5) is 0. The van der Waals surface area contributed by atoms with Gasteiger partial charge >= 0.3 is 0 Å². The maximum atomic E-state index is 5.40. The fourth-order valence-electron chi connectivity index (χ4n) is 0.858. The van der Waals surface area contributed by atoms with Crippen molar-refractivity contribution in [2.45, 2.75) is 46.6 Å². The molecule has 0 rings (SSSR count). The Balaban J connectivity index is 3.13. The van der Waals surface area contributed by atoms with E-state index in [2.05, 4.69) is 39.8 Å². The molecule has 0 aliphatic rings. The van der Waals surface area contributed by atoms with Crippen LogP contribution in [0, 0.1) is 5.92 Å². The smallest absolute Gasteiger partial charge is 0.0519 e. The Morgan fingerprint density at radius 1 is 1.08 bits per heavy atom. The van der Waals surface area contributed by atoms with E-state index >= 15 is 0 Å². The fraction of sp³-hybridized carbons (Fsp3) is 0.818. The molecule has 0 aliphatic carbocycles. The monoisotopic (exact) mass is 170 g/mol. The van der Waals surface area contributed by atoms with Crippen molar-refractivity contribution in [1.82, 2.24) is 0 Å². The number of hydrogen-bond acceptors (Lipinski definition) is 1. The van der Waals surface area contributed by atoms with Gasteiger partial charge in [0.2, 0.25) is 0 Å². The van der Waals surface area contributed by atoms with Crippen LogP contribution in [0.2, 0.25) is 0 Å². The van der Waals surface area contributed by atoms with Crippen LogP contribution in [0.15, 0.2) is 12.2 Å². The van der Waals surface area contributed by atoms with Gasteiger partial charge in [-0.15, -0.1) is 0 Å². The second kappa shape index (κ2) is 7.35. The Morgan fingerprint density at radius 3 is 2.25 bits per heavy atom. The zero-order valence-corrected chi connectivity index (χ0v) is 8.84. The highest BCUT2D eigenvalue weighted by molar-refractivity contribution is 4.82. The zero-order valence-electron chi connectivity index (χ0n) is 8.84. The third-order valence-corrected chi connectivity index (χ3v) is 1.51. The van der Waals surface area contributed by atoms with Gasteiger partial charge in [-0.25, -0.2) is 0 Å². The van der Waals surface area contributed by atoms with Crippen LogP contribution < -0.4 is 0 Å². The Kier molecular flexibility index (Phi) is 7.17. The van der Waals surface area contributed by atoms with E-state index in [-0.39, 0.29) is 0 Å². The van der Waals surface area contributed by atoms with Crippen LogP contribution in [0.1, 0.15) is 40.5 Å². The lowest BCUT2D eigenvalue weighted by Gasteiger charge is -2.04. The Labute approximate surface area is 76.8 Å². The van der Waals surface area contributed by atoms with Crippen LogP contribution in [-0.2, 0) is 4.74 Å². The predicted molar refractivity (Wildman–Crippen MR) is 54.3 cm³/mol. The van der Waals surface area contributed by atoms with E-state index < -0.39 is 0 Å². The molecule has 0 N–H and O–H groups in total. The van der Waals surface area contributed by atoms with Crippen molar-refractivity contribution < 1.29 is 4.74 Å². The first-order valence-corrected chi connectivity index (χ1v) is 4.89. The number of rotatable bonds is 6. The first-order chi connectivity index (χ1) is 5.63. The Hall–Kier alpha value is -0.300. The highest BCUT2D eigenvalue weighted by Gasteiger charge is 1.90. The molecular formula is C11H22O. The molecule has 0 aromatic heterocycles. The third kappa shape index (κ3) is 9.70. The van der Waals surface area contributed by atoms with Crippen molar-refractivity contribution in [2.24, 2.45) is 5.92 Å². The van der Waals surface area contributed by atoms with Gasteiger partial charge in [-0.2, -0.15) is 0 Å². The standard InChI is InChI=1S/C11H22O/c1-10(2)8-6-5-7-9-12-11(3)4/h5-6,10-11H,7-9H2,1-4H3/b6-5-. The molecule has 0 spiro atoms. The molecule has 72 valence electrons. The molecule has 1 heteroatoms. The average Bonchev–Trinajstić information content (AvgIpc) is 1.95. The molecule has 0 saturated heterocycles. The summed E-state index contributed by atoms with van der Waals surface area (Å²) < 4.78 is 5.40. The maximum absolute atomic E-state index is 5.40. The molecule has 12 heavy (non-hydrogen) atoms. The van der Waals surface area contributed by atoms with Gasteiger partial charge in [-0.3, -0.25) is 0 Å². The molecule has 0 aromatic rings. The van der Waals surface area contributed by atoms with Crippen molar-refractivity contribution in [3.63, 3.8) is 0 Å². The quantitative estimate of drug-likeness (QED) is 0.438. The Morgan fingerprint density at radius 2 is 1.75 bits per heavy atom. The van der Waals surface area contributed by atoms with Gasteiger partial charge in [0.25, 0.3) is 0 Å². The van der Waals surface area contributed by atoms with Crippen molar-refractivity contribution in [3.05, 3.63) is 12.2 Å². The second-order valence-corrected chi connectivity index (χ2v) is 3.81. The predicted octanol–water partition coefficient (Wildman–Crippen LogP) is 3.40. The van der Waals surface area contributed by atoms with Crippen LogP contribution in [0.25, 0.3) is 0 Å². The maximum Gasteiger partial charge on any atom is 0.0519 e. The lowest BCUT2D eigenvalue weighted by molar-refractivity contribution is 0.0825. The molecule has 0 radical (unpaired) electrons. The minimum atomic E-state index is 0.364. The molecule has 1 nitrogen and oxygen atoms in total. The fourth-order valence-corrected chi connectivity index (χ4v) is 0.858. The summed E-state index contributed by atoms with van der Waals surface area (Å²) in [6.45, 7) is 9.45. The van der Waals surface area contributed by atoms with E-state index in [0.717, 1.165) is 18.9 Å². The van der Waals surface area contributed by atoms with Gasteiger partial charge in [0, 0.05) is 0 Å². The van der Waals surface area contributed by atoms with Gasteiger partial charge in [0.1, 0.15) is 0 Å². The van der Waals surface area contributed by atoms with Gasteiger partial charge in [0.15, 0.2) is 0 Å². The van der Waals surface area contributed by atoms with Gasteiger partial charge in [-0.05, 0) is 32.6 Å². The topological polar surface area (TPSA) is 9.23 Å². The third-order valence-electron chi connectivity index (χ3n) is 1.51. The lowest BCUT2D eigenvalue weighted by Crippen LogP contribution is -2.02. The van der Waals surface area contributed by atoms with E-state index in [9.17, 15) is 0 Å². The average molecular weight is 170 g/mol. The largest absolute Gasteiger partial charge is 0.378 e. The second-order valence-electron chi connectivity index (χ2n) is 3.81. The number of hydrogen-bond donors (Lipinski definition) is 0. The summed E-state index contributed by atoms with van der Waals surface area (Å²) in [5.41, 5.74) is 0. The van der Waals surface area contributed by atoms with Crippen molar-refractivity contribution in [1.29, 1.82) is 0 Å². The molecule has 0 amide bonds. The number of ether oxygens (including phenoxy) is 1. The summed E-state index contributed by atoms with van der Waals surface area (Å²) >= 11 is 0.